The van der Waals surface area contributed by atoms with Crippen LogP contribution in [0, 0.1) is 0 Å². The standard InChI is InChI=1S/C21H23N3O/c1-23(2)18-8-10-19(11-9-18)24-14-4-5-20(24)16-22-15-17-6-12-21(25-3)13-7-17/h4-14,16H,15H2,1-3H3. The minimum atomic E-state index is 0.648. The van der Waals surface area contributed by atoms with E-state index in [9.17, 15) is 0 Å². The summed E-state index contributed by atoms with van der Waals surface area (Å²) in [5, 5.41) is 0. The van der Waals surface area contributed by atoms with Gasteiger partial charge in [0.05, 0.1) is 19.3 Å². The lowest BCUT2D eigenvalue weighted by atomic mass is 10.2. The number of hydrogen-bond donors (Lipinski definition) is 0. The molecule has 0 aliphatic heterocycles. The normalized spacial score (nSPS) is 11.0. The van der Waals surface area contributed by atoms with Crippen LogP contribution in [0.3, 0.4) is 0 Å². The first-order chi connectivity index (χ1) is 12.2. The van der Waals surface area contributed by atoms with Crippen molar-refractivity contribution in [1.82, 2.24) is 4.57 Å². The molecule has 4 heteroatoms. The average molecular weight is 333 g/mol. The number of hydrogen-bond acceptors (Lipinski definition) is 3. The molecule has 3 aromatic rings. The van der Waals surface area contributed by atoms with E-state index >= 15 is 0 Å². The van der Waals surface area contributed by atoms with Gasteiger partial charge in [-0.05, 0) is 54.1 Å². The van der Waals surface area contributed by atoms with Gasteiger partial charge in [-0.1, -0.05) is 12.1 Å². The molecule has 0 saturated carbocycles. The second kappa shape index (κ2) is 7.71. The van der Waals surface area contributed by atoms with Crippen molar-refractivity contribution < 1.29 is 4.74 Å². The number of nitrogens with zero attached hydrogens (tertiary/aromatic N) is 3. The van der Waals surface area contributed by atoms with E-state index in [-0.39, 0.29) is 0 Å². The zero-order valence-corrected chi connectivity index (χ0v) is 14.9. The topological polar surface area (TPSA) is 29.8 Å². The molecule has 0 radical (unpaired) electrons. The molecule has 0 spiro atoms. The van der Waals surface area contributed by atoms with Crippen LogP contribution < -0.4 is 9.64 Å². The lowest BCUT2D eigenvalue weighted by Crippen LogP contribution is -2.08. The molecule has 25 heavy (non-hydrogen) atoms. The van der Waals surface area contributed by atoms with Crippen LogP contribution in [0.25, 0.3) is 5.69 Å². The van der Waals surface area contributed by atoms with Crippen LogP contribution >= 0.6 is 0 Å². The Labute approximate surface area is 149 Å². The van der Waals surface area contributed by atoms with Gasteiger partial charge >= 0.3 is 0 Å². The summed E-state index contributed by atoms with van der Waals surface area (Å²) in [5.74, 6) is 0.864. The summed E-state index contributed by atoms with van der Waals surface area (Å²) < 4.78 is 7.31. The van der Waals surface area contributed by atoms with Crippen LogP contribution in [0.4, 0.5) is 5.69 Å². The average Bonchev–Trinajstić information content (AvgIpc) is 3.11. The first-order valence-corrected chi connectivity index (χ1v) is 8.25. The van der Waals surface area contributed by atoms with Crippen LogP contribution in [-0.2, 0) is 6.54 Å². The number of benzene rings is 2. The third-order valence-corrected chi connectivity index (χ3v) is 4.08. The molecule has 3 rings (SSSR count). The first-order valence-electron chi connectivity index (χ1n) is 8.25. The van der Waals surface area contributed by atoms with Crippen LogP contribution in [-0.4, -0.2) is 32.0 Å². The minimum absolute atomic E-state index is 0.648. The molecule has 0 bridgehead atoms. The Balaban J connectivity index is 1.72. The Morgan fingerprint density at radius 2 is 1.72 bits per heavy atom. The molecule has 128 valence electrons. The first kappa shape index (κ1) is 16.8. The number of ether oxygens (including phenoxy) is 1. The minimum Gasteiger partial charge on any atom is -0.497 e. The van der Waals surface area contributed by atoms with Crippen LogP contribution in [0.5, 0.6) is 5.75 Å². The Kier molecular flexibility index (Phi) is 5.19. The summed E-state index contributed by atoms with van der Waals surface area (Å²) >= 11 is 0. The highest BCUT2D eigenvalue weighted by Crippen LogP contribution is 2.17. The van der Waals surface area contributed by atoms with Gasteiger partial charge in [-0.3, -0.25) is 4.99 Å². The molecule has 0 unspecified atom stereocenters. The van der Waals surface area contributed by atoms with E-state index in [1.165, 1.54) is 5.69 Å². The Hall–Kier alpha value is -3.01. The summed E-state index contributed by atoms with van der Waals surface area (Å²) in [6, 6.07) is 20.6. The van der Waals surface area contributed by atoms with E-state index in [1.54, 1.807) is 7.11 Å². The van der Waals surface area contributed by atoms with Gasteiger partial charge in [-0.15, -0.1) is 0 Å². The Bertz CT molecular complexity index is 830. The fraction of sp³-hybridized carbons (Fsp3) is 0.190. The molecule has 0 saturated heterocycles. The zero-order chi connectivity index (χ0) is 17.6. The van der Waals surface area contributed by atoms with E-state index in [4.69, 9.17) is 4.74 Å². The highest BCUT2D eigenvalue weighted by molar-refractivity contribution is 5.78. The monoisotopic (exact) mass is 333 g/mol. The molecule has 0 fully saturated rings. The van der Waals surface area contributed by atoms with Gasteiger partial charge in [0.25, 0.3) is 0 Å². The van der Waals surface area contributed by atoms with E-state index in [2.05, 4.69) is 51.0 Å². The van der Waals surface area contributed by atoms with Crippen molar-refractivity contribution in [3.8, 4) is 11.4 Å². The van der Waals surface area contributed by atoms with E-state index in [0.717, 1.165) is 22.7 Å². The van der Waals surface area contributed by atoms with Crippen molar-refractivity contribution >= 4 is 11.9 Å². The molecule has 1 heterocycles. The third kappa shape index (κ3) is 4.10. The second-order valence-electron chi connectivity index (χ2n) is 6.03. The quantitative estimate of drug-likeness (QED) is 0.634. The van der Waals surface area contributed by atoms with Gasteiger partial charge in [0.15, 0.2) is 0 Å². The summed E-state index contributed by atoms with van der Waals surface area (Å²) in [7, 11) is 5.76. The van der Waals surface area contributed by atoms with E-state index in [0.29, 0.717) is 6.54 Å². The van der Waals surface area contributed by atoms with Gasteiger partial charge < -0.3 is 14.2 Å². The lowest BCUT2D eigenvalue weighted by Gasteiger charge is -2.13. The Morgan fingerprint density at radius 3 is 2.36 bits per heavy atom. The fourth-order valence-electron chi connectivity index (χ4n) is 2.62. The highest BCUT2D eigenvalue weighted by Gasteiger charge is 2.02. The van der Waals surface area contributed by atoms with Gasteiger partial charge in [0.2, 0.25) is 0 Å². The van der Waals surface area contributed by atoms with Crippen molar-refractivity contribution in [2.75, 3.05) is 26.1 Å². The fourth-order valence-corrected chi connectivity index (χ4v) is 2.62. The molecule has 0 aliphatic rings. The van der Waals surface area contributed by atoms with Gasteiger partial charge in [-0.25, -0.2) is 0 Å². The van der Waals surface area contributed by atoms with Crippen LogP contribution in [0.2, 0.25) is 0 Å². The molecule has 0 aliphatic carbocycles. The third-order valence-electron chi connectivity index (χ3n) is 4.08. The molecule has 4 nitrogen and oxygen atoms in total. The Morgan fingerprint density at radius 1 is 1.00 bits per heavy atom. The number of aliphatic imine (C=N–C) groups is 1. The molecule has 0 atom stereocenters. The summed E-state index contributed by atoms with van der Waals surface area (Å²) in [4.78, 5) is 6.67. The molecule has 1 aromatic heterocycles. The summed E-state index contributed by atoms with van der Waals surface area (Å²) in [6.45, 7) is 0.648. The van der Waals surface area contributed by atoms with Crippen LogP contribution in [0.15, 0.2) is 71.9 Å². The lowest BCUT2D eigenvalue weighted by molar-refractivity contribution is 0.414. The molecule has 0 amide bonds. The predicted molar refractivity (Wildman–Crippen MR) is 104 cm³/mol. The predicted octanol–water partition coefficient (Wildman–Crippen LogP) is 4.17. The second-order valence-corrected chi connectivity index (χ2v) is 6.03. The van der Waals surface area contributed by atoms with Gasteiger partial charge in [0, 0.05) is 37.9 Å². The van der Waals surface area contributed by atoms with Gasteiger partial charge in [0.1, 0.15) is 5.75 Å². The molecular weight excluding hydrogens is 310 g/mol. The van der Waals surface area contributed by atoms with Crippen molar-refractivity contribution in [2.24, 2.45) is 4.99 Å². The highest BCUT2D eigenvalue weighted by atomic mass is 16.5. The molecule has 2 aromatic carbocycles. The maximum Gasteiger partial charge on any atom is 0.118 e. The number of aromatic nitrogens is 1. The van der Waals surface area contributed by atoms with Crippen molar-refractivity contribution in [1.29, 1.82) is 0 Å². The van der Waals surface area contributed by atoms with Crippen molar-refractivity contribution in [3.63, 3.8) is 0 Å². The van der Waals surface area contributed by atoms with Crippen LogP contribution in [0.1, 0.15) is 11.3 Å². The molecular formula is C21H23N3O. The number of anilines is 1. The maximum atomic E-state index is 5.18. The summed E-state index contributed by atoms with van der Waals surface area (Å²) in [5.41, 5.74) is 4.53. The van der Waals surface area contributed by atoms with Crippen molar-refractivity contribution in [2.45, 2.75) is 6.54 Å². The van der Waals surface area contributed by atoms with Crippen molar-refractivity contribution in [3.05, 3.63) is 78.1 Å². The smallest absolute Gasteiger partial charge is 0.118 e. The maximum absolute atomic E-state index is 5.18. The number of methoxy groups -OCH3 is 1. The number of rotatable bonds is 6. The van der Waals surface area contributed by atoms with E-state index < -0.39 is 0 Å². The molecule has 0 N–H and O–H groups in total. The van der Waals surface area contributed by atoms with Gasteiger partial charge in [-0.2, -0.15) is 0 Å². The zero-order valence-electron chi connectivity index (χ0n) is 14.9. The largest absolute Gasteiger partial charge is 0.497 e. The van der Waals surface area contributed by atoms with E-state index in [1.807, 2.05) is 50.6 Å². The SMILES string of the molecule is COc1ccc(CN=Cc2cccn2-c2ccc(N(C)C)cc2)cc1. The summed E-state index contributed by atoms with van der Waals surface area (Å²) in [6.07, 6.45) is 3.98.